The number of aryl methyl sites for hydroxylation is 1. The van der Waals surface area contributed by atoms with Crippen molar-refractivity contribution in [2.45, 2.75) is 33.3 Å². The van der Waals surface area contributed by atoms with Crippen molar-refractivity contribution >= 4 is 21.9 Å². The number of nitrogens with zero attached hydrogens (tertiary/aromatic N) is 1. The van der Waals surface area contributed by atoms with Crippen molar-refractivity contribution in [3.63, 3.8) is 0 Å². The van der Waals surface area contributed by atoms with Gasteiger partial charge in [-0.2, -0.15) is 0 Å². The van der Waals surface area contributed by atoms with Crippen LogP contribution in [0.1, 0.15) is 37.0 Å². The molecule has 0 spiro atoms. The van der Waals surface area contributed by atoms with Crippen molar-refractivity contribution in [1.82, 2.24) is 4.98 Å². The predicted octanol–water partition coefficient (Wildman–Crippen LogP) is 3.11. The lowest BCUT2D eigenvalue weighted by Gasteiger charge is -2.19. The Bertz CT molecular complexity index is 362. The lowest BCUT2D eigenvalue weighted by molar-refractivity contribution is 0.00625. The SMILES string of the molecule is Cc1cc(Br)cc(C(=O)OC(C)(C)C)n1. The molecule has 1 rings (SSSR count). The molecule has 4 heteroatoms. The van der Waals surface area contributed by atoms with Gasteiger partial charge in [-0.1, -0.05) is 15.9 Å². The number of esters is 1. The van der Waals surface area contributed by atoms with Gasteiger partial charge in [-0.3, -0.25) is 0 Å². The Balaban J connectivity index is 2.92. The summed E-state index contributed by atoms with van der Waals surface area (Å²) in [5.41, 5.74) is 0.622. The minimum Gasteiger partial charge on any atom is -0.455 e. The molecule has 0 bridgehead atoms. The number of ether oxygens (including phenoxy) is 1. The Kier molecular flexibility index (Phi) is 3.50. The van der Waals surface area contributed by atoms with E-state index >= 15 is 0 Å². The van der Waals surface area contributed by atoms with E-state index in [0.717, 1.165) is 10.2 Å². The summed E-state index contributed by atoms with van der Waals surface area (Å²) in [5, 5.41) is 0. The van der Waals surface area contributed by atoms with Gasteiger partial charge in [0.05, 0.1) is 0 Å². The summed E-state index contributed by atoms with van der Waals surface area (Å²) in [6.45, 7) is 7.32. The normalized spacial score (nSPS) is 11.3. The van der Waals surface area contributed by atoms with Gasteiger partial charge in [-0.25, -0.2) is 9.78 Å². The maximum absolute atomic E-state index is 11.7. The van der Waals surface area contributed by atoms with E-state index in [4.69, 9.17) is 4.74 Å². The molecule has 0 aliphatic carbocycles. The first-order chi connectivity index (χ1) is 6.78. The molecule has 0 N–H and O–H groups in total. The molecule has 0 amide bonds. The Morgan fingerprint density at radius 3 is 2.47 bits per heavy atom. The first-order valence-electron chi connectivity index (χ1n) is 4.65. The molecule has 0 aliphatic heterocycles. The van der Waals surface area contributed by atoms with E-state index in [9.17, 15) is 4.79 Å². The topological polar surface area (TPSA) is 39.2 Å². The van der Waals surface area contributed by atoms with Crippen molar-refractivity contribution in [3.05, 3.63) is 28.0 Å². The summed E-state index contributed by atoms with van der Waals surface area (Å²) in [6.07, 6.45) is 0. The number of carbonyl (C=O) groups excluding carboxylic acids is 1. The van der Waals surface area contributed by atoms with Gasteiger partial charge >= 0.3 is 5.97 Å². The molecule has 0 unspecified atom stereocenters. The smallest absolute Gasteiger partial charge is 0.357 e. The van der Waals surface area contributed by atoms with Gasteiger partial charge < -0.3 is 4.74 Å². The van der Waals surface area contributed by atoms with Crippen LogP contribution in [0.2, 0.25) is 0 Å². The van der Waals surface area contributed by atoms with E-state index in [2.05, 4.69) is 20.9 Å². The highest BCUT2D eigenvalue weighted by Crippen LogP contribution is 2.15. The Labute approximate surface area is 98.0 Å². The monoisotopic (exact) mass is 271 g/mol. The molecule has 1 heterocycles. The zero-order valence-corrected chi connectivity index (χ0v) is 10.9. The van der Waals surface area contributed by atoms with Crippen LogP contribution in [0.15, 0.2) is 16.6 Å². The van der Waals surface area contributed by atoms with Gasteiger partial charge in [0.25, 0.3) is 0 Å². The third-order valence-electron chi connectivity index (χ3n) is 1.53. The van der Waals surface area contributed by atoms with Crippen molar-refractivity contribution in [2.24, 2.45) is 0 Å². The van der Waals surface area contributed by atoms with Crippen molar-refractivity contribution in [2.75, 3.05) is 0 Å². The van der Waals surface area contributed by atoms with Gasteiger partial charge in [0, 0.05) is 10.2 Å². The van der Waals surface area contributed by atoms with E-state index in [1.807, 2.05) is 33.8 Å². The van der Waals surface area contributed by atoms with Gasteiger partial charge in [0.2, 0.25) is 0 Å². The van der Waals surface area contributed by atoms with Gasteiger partial charge in [-0.15, -0.1) is 0 Å². The predicted molar refractivity (Wildman–Crippen MR) is 61.8 cm³/mol. The van der Waals surface area contributed by atoms with Crippen LogP contribution in [0.4, 0.5) is 0 Å². The molecule has 0 aliphatic rings. The zero-order chi connectivity index (χ0) is 11.6. The summed E-state index contributed by atoms with van der Waals surface area (Å²) in [5.74, 6) is -0.396. The van der Waals surface area contributed by atoms with Crippen LogP contribution < -0.4 is 0 Å². The quantitative estimate of drug-likeness (QED) is 0.737. The number of hydrogen-bond acceptors (Lipinski definition) is 3. The van der Waals surface area contributed by atoms with Crippen molar-refractivity contribution in [1.29, 1.82) is 0 Å². The number of carbonyl (C=O) groups is 1. The van der Waals surface area contributed by atoms with Gasteiger partial charge in [-0.05, 0) is 39.8 Å². The largest absolute Gasteiger partial charge is 0.455 e. The van der Waals surface area contributed by atoms with Crippen LogP contribution in [0, 0.1) is 6.92 Å². The summed E-state index contributed by atoms with van der Waals surface area (Å²) in [7, 11) is 0. The first-order valence-corrected chi connectivity index (χ1v) is 5.45. The van der Waals surface area contributed by atoms with Crippen LogP contribution in [0.25, 0.3) is 0 Å². The van der Waals surface area contributed by atoms with E-state index in [0.29, 0.717) is 5.69 Å². The standard InChI is InChI=1S/C11H14BrNO2/c1-7-5-8(12)6-9(13-7)10(14)15-11(2,3)4/h5-6H,1-4H3. The van der Waals surface area contributed by atoms with Crippen LogP contribution in [0.5, 0.6) is 0 Å². The molecule has 0 aromatic carbocycles. The molecule has 3 nitrogen and oxygen atoms in total. The second kappa shape index (κ2) is 4.31. The van der Waals surface area contributed by atoms with Crippen LogP contribution in [-0.4, -0.2) is 16.6 Å². The molecule has 0 saturated carbocycles. The molecule has 15 heavy (non-hydrogen) atoms. The van der Waals surface area contributed by atoms with Crippen LogP contribution in [0.3, 0.4) is 0 Å². The summed E-state index contributed by atoms with van der Waals surface area (Å²) in [6, 6.07) is 3.49. The molecule has 0 fully saturated rings. The summed E-state index contributed by atoms with van der Waals surface area (Å²) >= 11 is 3.31. The fraction of sp³-hybridized carbons (Fsp3) is 0.455. The average Bonchev–Trinajstić information content (AvgIpc) is 1.98. The third-order valence-corrected chi connectivity index (χ3v) is 1.98. The zero-order valence-electron chi connectivity index (χ0n) is 9.30. The lowest BCUT2D eigenvalue weighted by Crippen LogP contribution is -2.24. The Morgan fingerprint density at radius 1 is 1.40 bits per heavy atom. The third kappa shape index (κ3) is 4.00. The highest BCUT2D eigenvalue weighted by Gasteiger charge is 2.19. The maximum atomic E-state index is 11.7. The van der Waals surface area contributed by atoms with Crippen LogP contribution in [-0.2, 0) is 4.74 Å². The fourth-order valence-corrected chi connectivity index (χ4v) is 1.61. The lowest BCUT2D eigenvalue weighted by atomic mass is 10.2. The first kappa shape index (κ1) is 12.2. The Morgan fingerprint density at radius 2 is 2.00 bits per heavy atom. The minimum atomic E-state index is -0.491. The fourth-order valence-electron chi connectivity index (χ4n) is 1.06. The van der Waals surface area contributed by atoms with Gasteiger partial charge in [0.15, 0.2) is 0 Å². The molecule has 1 aromatic heterocycles. The molecule has 0 atom stereocenters. The number of aromatic nitrogens is 1. The average molecular weight is 272 g/mol. The molecular formula is C11H14BrNO2. The second-order valence-corrected chi connectivity index (χ2v) is 5.23. The van der Waals surface area contributed by atoms with Crippen LogP contribution >= 0.6 is 15.9 Å². The summed E-state index contributed by atoms with van der Waals surface area (Å²) < 4.78 is 6.04. The number of pyridine rings is 1. The molecule has 82 valence electrons. The number of halogens is 1. The highest BCUT2D eigenvalue weighted by atomic mass is 79.9. The highest BCUT2D eigenvalue weighted by molar-refractivity contribution is 9.10. The number of rotatable bonds is 1. The second-order valence-electron chi connectivity index (χ2n) is 4.31. The maximum Gasteiger partial charge on any atom is 0.357 e. The molecule has 0 saturated heterocycles. The minimum absolute atomic E-state index is 0.330. The Hall–Kier alpha value is -0.900. The summed E-state index contributed by atoms with van der Waals surface area (Å²) in [4.78, 5) is 15.8. The van der Waals surface area contributed by atoms with E-state index in [1.165, 1.54) is 0 Å². The van der Waals surface area contributed by atoms with Crippen molar-refractivity contribution < 1.29 is 9.53 Å². The molecule has 1 aromatic rings. The number of hydrogen-bond donors (Lipinski definition) is 0. The van der Waals surface area contributed by atoms with Gasteiger partial charge in [0.1, 0.15) is 11.3 Å². The van der Waals surface area contributed by atoms with Crippen molar-refractivity contribution in [3.8, 4) is 0 Å². The van der Waals surface area contributed by atoms with E-state index in [-0.39, 0.29) is 0 Å². The molecule has 0 radical (unpaired) electrons. The van der Waals surface area contributed by atoms with E-state index in [1.54, 1.807) is 6.07 Å². The van der Waals surface area contributed by atoms with E-state index < -0.39 is 11.6 Å². The molecular weight excluding hydrogens is 258 g/mol.